The van der Waals surface area contributed by atoms with E-state index in [1.54, 1.807) is 0 Å². The zero-order valence-corrected chi connectivity index (χ0v) is 12.6. The highest BCUT2D eigenvalue weighted by molar-refractivity contribution is 5.93. The molecular weight excluding hydrogens is 236 g/mol. The third kappa shape index (κ3) is 5.43. The number of benzene rings is 1. The summed E-state index contributed by atoms with van der Waals surface area (Å²) >= 11 is 0. The minimum atomic E-state index is 0.0776. The SMILES string of the molecule is CCCN(CCC)CC(=O)Nc1ccc(C)cc1C. The van der Waals surface area contributed by atoms with Crippen LogP contribution in [0.4, 0.5) is 5.69 Å². The number of nitrogens with one attached hydrogen (secondary N) is 1. The lowest BCUT2D eigenvalue weighted by Gasteiger charge is -2.20. The zero-order chi connectivity index (χ0) is 14.3. The molecule has 0 aliphatic heterocycles. The van der Waals surface area contributed by atoms with Crippen molar-refractivity contribution in [2.24, 2.45) is 0 Å². The Bertz CT molecular complexity index is 409. The molecule has 0 aliphatic carbocycles. The normalized spacial score (nSPS) is 10.8. The molecule has 0 atom stereocenters. The van der Waals surface area contributed by atoms with E-state index in [4.69, 9.17) is 0 Å². The number of amides is 1. The first kappa shape index (κ1) is 15.7. The maximum Gasteiger partial charge on any atom is 0.238 e. The van der Waals surface area contributed by atoms with E-state index in [1.807, 2.05) is 19.1 Å². The molecule has 1 aromatic carbocycles. The van der Waals surface area contributed by atoms with Gasteiger partial charge < -0.3 is 5.32 Å². The molecule has 0 unspecified atom stereocenters. The average Bonchev–Trinajstić information content (AvgIpc) is 2.33. The molecule has 19 heavy (non-hydrogen) atoms. The summed E-state index contributed by atoms with van der Waals surface area (Å²) in [4.78, 5) is 14.3. The quantitative estimate of drug-likeness (QED) is 0.817. The summed E-state index contributed by atoms with van der Waals surface area (Å²) in [5, 5.41) is 3.00. The third-order valence-corrected chi connectivity index (χ3v) is 3.10. The smallest absolute Gasteiger partial charge is 0.238 e. The van der Waals surface area contributed by atoms with Crippen molar-refractivity contribution in [3.63, 3.8) is 0 Å². The molecule has 0 aliphatic rings. The van der Waals surface area contributed by atoms with Crippen LogP contribution < -0.4 is 5.32 Å². The molecule has 0 fully saturated rings. The molecule has 3 nitrogen and oxygen atoms in total. The van der Waals surface area contributed by atoms with Crippen LogP contribution in [0.1, 0.15) is 37.8 Å². The minimum absolute atomic E-state index is 0.0776. The van der Waals surface area contributed by atoms with Crippen molar-refractivity contribution in [1.82, 2.24) is 4.90 Å². The lowest BCUT2D eigenvalue weighted by Crippen LogP contribution is -2.34. The van der Waals surface area contributed by atoms with E-state index >= 15 is 0 Å². The fraction of sp³-hybridized carbons (Fsp3) is 0.562. The Balaban J connectivity index is 2.58. The molecule has 1 amide bonds. The Kier molecular flexibility index (Phi) is 6.57. The second-order valence-corrected chi connectivity index (χ2v) is 5.14. The second kappa shape index (κ2) is 7.95. The molecule has 0 spiro atoms. The van der Waals surface area contributed by atoms with Gasteiger partial charge in [0.25, 0.3) is 0 Å². The molecule has 1 aromatic rings. The molecule has 0 saturated heterocycles. The van der Waals surface area contributed by atoms with Crippen LogP contribution >= 0.6 is 0 Å². The van der Waals surface area contributed by atoms with E-state index < -0.39 is 0 Å². The monoisotopic (exact) mass is 262 g/mol. The number of anilines is 1. The van der Waals surface area contributed by atoms with Gasteiger partial charge in [0.1, 0.15) is 0 Å². The van der Waals surface area contributed by atoms with Crippen LogP contribution in [-0.4, -0.2) is 30.4 Å². The Morgan fingerprint density at radius 3 is 2.32 bits per heavy atom. The first-order chi connectivity index (χ1) is 9.06. The van der Waals surface area contributed by atoms with Crippen molar-refractivity contribution in [1.29, 1.82) is 0 Å². The van der Waals surface area contributed by atoms with Gasteiger partial charge in [0.2, 0.25) is 5.91 Å². The lowest BCUT2D eigenvalue weighted by molar-refractivity contribution is -0.117. The van der Waals surface area contributed by atoms with Crippen LogP contribution in [0.15, 0.2) is 18.2 Å². The van der Waals surface area contributed by atoms with E-state index in [1.165, 1.54) is 5.56 Å². The van der Waals surface area contributed by atoms with Crippen LogP contribution in [0.5, 0.6) is 0 Å². The molecule has 0 aromatic heterocycles. The first-order valence-corrected chi connectivity index (χ1v) is 7.16. The number of rotatable bonds is 7. The van der Waals surface area contributed by atoms with E-state index in [2.05, 4.69) is 37.1 Å². The van der Waals surface area contributed by atoms with Crippen molar-refractivity contribution in [2.45, 2.75) is 40.5 Å². The van der Waals surface area contributed by atoms with Gasteiger partial charge in [-0.1, -0.05) is 31.5 Å². The number of aryl methyl sites for hydroxylation is 2. The standard InChI is InChI=1S/C16H26N2O/c1-5-9-18(10-6-2)12-16(19)17-15-8-7-13(3)11-14(15)4/h7-8,11H,5-6,9-10,12H2,1-4H3,(H,17,19). The van der Waals surface area contributed by atoms with Gasteiger partial charge in [0.15, 0.2) is 0 Å². The fourth-order valence-corrected chi connectivity index (χ4v) is 2.25. The number of hydrogen-bond acceptors (Lipinski definition) is 2. The van der Waals surface area contributed by atoms with Crippen molar-refractivity contribution in [3.8, 4) is 0 Å². The summed E-state index contributed by atoms with van der Waals surface area (Å²) in [6, 6.07) is 6.09. The van der Waals surface area contributed by atoms with E-state index in [0.717, 1.165) is 37.2 Å². The number of hydrogen-bond donors (Lipinski definition) is 1. The van der Waals surface area contributed by atoms with Crippen LogP contribution in [-0.2, 0) is 4.79 Å². The van der Waals surface area contributed by atoms with Crippen LogP contribution in [0.2, 0.25) is 0 Å². The zero-order valence-electron chi connectivity index (χ0n) is 12.6. The summed E-state index contributed by atoms with van der Waals surface area (Å²) in [5.74, 6) is 0.0776. The molecule has 0 saturated carbocycles. The molecule has 106 valence electrons. The maximum atomic E-state index is 12.1. The maximum absolute atomic E-state index is 12.1. The highest BCUT2D eigenvalue weighted by atomic mass is 16.2. The fourth-order valence-electron chi connectivity index (χ4n) is 2.25. The lowest BCUT2D eigenvalue weighted by atomic mass is 10.1. The predicted molar refractivity (Wildman–Crippen MR) is 81.6 cm³/mol. The van der Waals surface area contributed by atoms with Crippen molar-refractivity contribution in [3.05, 3.63) is 29.3 Å². The molecule has 3 heteroatoms. The van der Waals surface area contributed by atoms with Crippen molar-refractivity contribution >= 4 is 11.6 Å². The summed E-state index contributed by atoms with van der Waals surface area (Å²) in [6.07, 6.45) is 2.16. The Hall–Kier alpha value is -1.35. The Morgan fingerprint density at radius 2 is 1.79 bits per heavy atom. The number of carbonyl (C=O) groups excluding carboxylic acids is 1. The van der Waals surface area contributed by atoms with Gasteiger partial charge in [-0.25, -0.2) is 0 Å². The van der Waals surface area contributed by atoms with E-state index in [0.29, 0.717) is 6.54 Å². The van der Waals surface area contributed by atoms with Gasteiger partial charge in [-0.15, -0.1) is 0 Å². The van der Waals surface area contributed by atoms with Gasteiger partial charge in [-0.2, -0.15) is 0 Å². The average molecular weight is 262 g/mol. The number of nitrogens with zero attached hydrogens (tertiary/aromatic N) is 1. The molecule has 0 radical (unpaired) electrons. The molecule has 1 N–H and O–H groups in total. The summed E-state index contributed by atoms with van der Waals surface area (Å²) < 4.78 is 0. The summed E-state index contributed by atoms with van der Waals surface area (Å²) in [6.45, 7) is 10.8. The van der Waals surface area contributed by atoms with Gasteiger partial charge in [-0.3, -0.25) is 9.69 Å². The highest BCUT2D eigenvalue weighted by Crippen LogP contribution is 2.15. The first-order valence-electron chi connectivity index (χ1n) is 7.16. The van der Waals surface area contributed by atoms with Crippen molar-refractivity contribution < 1.29 is 4.79 Å². The highest BCUT2D eigenvalue weighted by Gasteiger charge is 2.10. The molecule has 0 heterocycles. The van der Waals surface area contributed by atoms with Gasteiger partial charge >= 0.3 is 0 Å². The molecule has 0 bridgehead atoms. The van der Waals surface area contributed by atoms with Gasteiger partial charge in [0.05, 0.1) is 6.54 Å². The van der Waals surface area contributed by atoms with Crippen molar-refractivity contribution in [2.75, 3.05) is 25.0 Å². The topological polar surface area (TPSA) is 32.3 Å². The van der Waals surface area contributed by atoms with Crippen LogP contribution in [0.25, 0.3) is 0 Å². The summed E-state index contributed by atoms with van der Waals surface area (Å²) in [7, 11) is 0. The van der Waals surface area contributed by atoms with E-state index in [9.17, 15) is 4.79 Å². The van der Waals surface area contributed by atoms with Crippen LogP contribution in [0.3, 0.4) is 0 Å². The Morgan fingerprint density at radius 1 is 1.16 bits per heavy atom. The predicted octanol–water partition coefficient (Wildman–Crippen LogP) is 3.36. The Labute approximate surface area is 117 Å². The third-order valence-electron chi connectivity index (χ3n) is 3.10. The molecule has 1 rings (SSSR count). The molecular formula is C16H26N2O. The van der Waals surface area contributed by atoms with E-state index in [-0.39, 0.29) is 5.91 Å². The second-order valence-electron chi connectivity index (χ2n) is 5.14. The summed E-state index contributed by atoms with van der Waals surface area (Å²) in [5.41, 5.74) is 3.25. The van der Waals surface area contributed by atoms with Crippen LogP contribution in [0, 0.1) is 13.8 Å². The minimum Gasteiger partial charge on any atom is -0.325 e. The van der Waals surface area contributed by atoms with Gasteiger partial charge in [-0.05, 0) is 51.4 Å². The number of carbonyl (C=O) groups is 1. The van der Waals surface area contributed by atoms with Gasteiger partial charge in [0, 0.05) is 5.69 Å². The largest absolute Gasteiger partial charge is 0.325 e.